The quantitative estimate of drug-likeness (QED) is 0.793. The normalized spacial score (nSPS) is 14.7. The van der Waals surface area contributed by atoms with Crippen LogP contribution in [0.4, 0.5) is 11.4 Å². The van der Waals surface area contributed by atoms with Crippen molar-refractivity contribution in [1.82, 2.24) is 4.90 Å². The van der Waals surface area contributed by atoms with Crippen LogP contribution in [0.2, 0.25) is 0 Å². The Morgan fingerprint density at radius 2 is 2.05 bits per heavy atom. The lowest BCUT2D eigenvalue weighted by molar-refractivity contribution is -0.132. The first-order valence-corrected chi connectivity index (χ1v) is 8.31. The Balaban J connectivity index is 1.73. The molecule has 0 unspecified atom stereocenters. The van der Waals surface area contributed by atoms with Crippen molar-refractivity contribution in [2.45, 2.75) is 6.92 Å². The van der Waals surface area contributed by atoms with E-state index in [1.54, 1.807) is 17.0 Å². The number of aryl methyl sites for hydroxylation is 1. The number of nitrogens with two attached hydrogens (primary N) is 1. The molecule has 0 aliphatic carbocycles. The van der Waals surface area contributed by atoms with Gasteiger partial charge in [-0.25, -0.2) is 0 Å². The number of nitrogens with zero attached hydrogens (tertiary/aromatic N) is 1. The average Bonchev–Trinajstić information content (AvgIpc) is 2.51. The molecule has 2 rings (SSSR count). The van der Waals surface area contributed by atoms with Crippen molar-refractivity contribution in [2.24, 2.45) is 0 Å². The molecule has 0 radical (unpaired) electrons. The molecule has 0 atom stereocenters. The minimum Gasteiger partial charge on any atom is -0.399 e. The van der Waals surface area contributed by atoms with Crippen LogP contribution in [-0.2, 0) is 14.3 Å². The van der Waals surface area contributed by atoms with E-state index in [2.05, 4.69) is 5.32 Å². The summed E-state index contributed by atoms with van der Waals surface area (Å²) in [4.78, 5) is 25.6. The van der Waals surface area contributed by atoms with Gasteiger partial charge in [-0.3, -0.25) is 9.59 Å². The fourth-order valence-electron chi connectivity index (χ4n) is 2.10. The molecular formula is C15H21N3O3S. The minimum atomic E-state index is -0.131. The predicted octanol–water partition coefficient (Wildman–Crippen LogP) is 1.11. The standard InChI is InChI=1S/C15H21N3O3S/c1-11-2-3-12(16)8-13(11)17-14(19)9-22-10-15(20)18-4-6-21-7-5-18/h2-3,8H,4-7,9-10,16H2,1H3,(H,17,19). The van der Waals surface area contributed by atoms with Gasteiger partial charge in [-0.1, -0.05) is 6.07 Å². The third-order valence-electron chi connectivity index (χ3n) is 3.36. The summed E-state index contributed by atoms with van der Waals surface area (Å²) in [5, 5.41) is 2.82. The Morgan fingerprint density at radius 3 is 2.77 bits per heavy atom. The zero-order chi connectivity index (χ0) is 15.9. The number of ether oxygens (including phenoxy) is 1. The summed E-state index contributed by atoms with van der Waals surface area (Å²) in [6.45, 7) is 4.35. The molecule has 120 valence electrons. The smallest absolute Gasteiger partial charge is 0.234 e. The Morgan fingerprint density at radius 1 is 1.32 bits per heavy atom. The molecule has 0 spiro atoms. The van der Waals surface area contributed by atoms with Gasteiger partial charge in [-0.05, 0) is 24.6 Å². The summed E-state index contributed by atoms with van der Waals surface area (Å²) in [6, 6.07) is 5.39. The molecule has 7 heteroatoms. The number of rotatable bonds is 5. The van der Waals surface area contributed by atoms with Crippen LogP contribution in [0, 0.1) is 6.92 Å². The second-order valence-corrected chi connectivity index (χ2v) is 6.09. The second kappa shape index (κ2) is 8.05. The number of carbonyl (C=O) groups excluding carboxylic acids is 2. The third kappa shape index (κ3) is 4.92. The molecule has 22 heavy (non-hydrogen) atoms. The zero-order valence-corrected chi connectivity index (χ0v) is 13.4. The second-order valence-electron chi connectivity index (χ2n) is 5.11. The van der Waals surface area contributed by atoms with Gasteiger partial charge < -0.3 is 20.7 Å². The molecule has 0 aromatic heterocycles. The van der Waals surface area contributed by atoms with E-state index in [0.29, 0.717) is 43.4 Å². The number of hydrogen-bond acceptors (Lipinski definition) is 5. The number of thioether (sulfide) groups is 1. The molecule has 1 aromatic carbocycles. The Bertz CT molecular complexity index is 545. The van der Waals surface area contributed by atoms with E-state index in [1.165, 1.54) is 11.8 Å². The van der Waals surface area contributed by atoms with Gasteiger partial charge >= 0.3 is 0 Å². The number of amides is 2. The summed E-state index contributed by atoms with van der Waals surface area (Å²) in [6.07, 6.45) is 0. The van der Waals surface area contributed by atoms with E-state index >= 15 is 0 Å². The number of morpholine rings is 1. The van der Waals surface area contributed by atoms with E-state index in [4.69, 9.17) is 10.5 Å². The van der Waals surface area contributed by atoms with Crippen molar-refractivity contribution < 1.29 is 14.3 Å². The summed E-state index contributed by atoms with van der Waals surface area (Å²) in [7, 11) is 0. The number of anilines is 2. The molecule has 0 saturated carbocycles. The van der Waals surface area contributed by atoms with Gasteiger partial charge in [0.1, 0.15) is 0 Å². The zero-order valence-electron chi connectivity index (χ0n) is 12.6. The Hall–Kier alpha value is -1.73. The summed E-state index contributed by atoms with van der Waals surface area (Å²) in [5.74, 6) is 0.475. The molecule has 1 aromatic rings. The molecule has 1 heterocycles. The van der Waals surface area contributed by atoms with Crippen molar-refractivity contribution in [2.75, 3.05) is 48.9 Å². The van der Waals surface area contributed by atoms with Gasteiger partial charge in [0.15, 0.2) is 0 Å². The Labute approximate surface area is 134 Å². The highest BCUT2D eigenvalue weighted by Gasteiger charge is 2.17. The third-order valence-corrected chi connectivity index (χ3v) is 4.28. The van der Waals surface area contributed by atoms with Gasteiger partial charge in [0.05, 0.1) is 24.7 Å². The van der Waals surface area contributed by atoms with Crippen molar-refractivity contribution in [1.29, 1.82) is 0 Å². The Kier molecular flexibility index (Phi) is 6.09. The molecule has 1 saturated heterocycles. The molecular weight excluding hydrogens is 302 g/mol. The number of benzene rings is 1. The van der Waals surface area contributed by atoms with Crippen molar-refractivity contribution >= 4 is 35.0 Å². The fraction of sp³-hybridized carbons (Fsp3) is 0.467. The summed E-state index contributed by atoms with van der Waals surface area (Å²) >= 11 is 1.32. The number of nitrogen functional groups attached to an aromatic ring is 1. The molecule has 1 fully saturated rings. The van der Waals surface area contributed by atoms with Gasteiger partial charge in [-0.2, -0.15) is 0 Å². The lowest BCUT2D eigenvalue weighted by atomic mass is 10.2. The largest absolute Gasteiger partial charge is 0.399 e. The average molecular weight is 323 g/mol. The van der Waals surface area contributed by atoms with Crippen molar-refractivity contribution in [3.05, 3.63) is 23.8 Å². The van der Waals surface area contributed by atoms with Crippen LogP contribution in [0.3, 0.4) is 0 Å². The molecule has 3 N–H and O–H groups in total. The van der Waals surface area contributed by atoms with Crippen molar-refractivity contribution in [3.8, 4) is 0 Å². The highest BCUT2D eigenvalue weighted by Crippen LogP contribution is 2.18. The number of hydrogen-bond donors (Lipinski definition) is 2. The summed E-state index contributed by atoms with van der Waals surface area (Å²) < 4.78 is 5.20. The highest BCUT2D eigenvalue weighted by molar-refractivity contribution is 8.00. The van der Waals surface area contributed by atoms with Crippen LogP contribution in [-0.4, -0.2) is 54.5 Å². The molecule has 6 nitrogen and oxygen atoms in total. The van der Waals surface area contributed by atoms with E-state index < -0.39 is 0 Å². The van der Waals surface area contributed by atoms with Crippen LogP contribution in [0.15, 0.2) is 18.2 Å². The van der Waals surface area contributed by atoms with E-state index in [0.717, 1.165) is 5.56 Å². The monoisotopic (exact) mass is 323 g/mol. The first kappa shape index (κ1) is 16.6. The lowest BCUT2D eigenvalue weighted by Gasteiger charge is -2.26. The lowest BCUT2D eigenvalue weighted by Crippen LogP contribution is -2.41. The first-order chi connectivity index (χ1) is 10.6. The SMILES string of the molecule is Cc1ccc(N)cc1NC(=O)CSCC(=O)N1CCOCC1. The maximum atomic E-state index is 11.9. The topological polar surface area (TPSA) is 84.7 Å². The van der Waals surface area contributed by atoms with Crippen LogP contribution >= 0.6 is 11.8 Å². The van der Waals surface area contributed by atoms with Gasteiger partial charge in [0, 0.05) is 24.5 Å². The van der Waals surface area contributed by atoms with Gasteiger partial charge in [0.2, 0.25) is 11.8 Å². The van der Waals surface area contributed by atoms with E-state index in [-0.39, 0.29) is 17.6 Å². The van der Waals surface area contributed by atoms with Crippen molar-refractivity contribution in [3.63, 3.8) is 0 Å². The number of nitrogens with one attached hydrogen (secondary N) is 1. The molecule has 1 aliphatic rings. The first-order valence-electron chi connectivity index (χ1n) is 7.15. The van der Waals surface area contributed by atoms with E-state index in [1.807, 2.05) is 13.0 Å². The van der Waals surface area contributed by atoms with Crippen LogP contribution in [0.1, 0.15) is 5.56 Å². The molecule has 2 amide bonds. The number of carbonyl (C=O) groups is 2. The van der Waals surface area contributed by atoms with Crippen LogP contribution < -0.4 is 11.1 Å². The van der Waals surface area contributed by atoms with Crippen LogP contribution in [0.5, 0.6) is 0 Å². The van der Waals surface area contributed by atoms with Gasteiger partial charge in [-0.15, -0.1) is 11.8 Å². The van der Waals surface area contributed by atoms with E-state index in [9.17, 15) is 9.59 Å². The minimum absolute atomic E-state index is 0.0567. The summed E-state index contributed by atoms with van der Waals surface area (Å²) in [5.41, 5.74) is 7.98. The molecule has 0 bridgehead atoms. The maximum Gasteiger partial charge on any atom is 0.234 e. The maximum absolute atomic E-state index is 11.9. The molecule has 1 aliphatic heterocycles. The fourth-order valence-corrected chi connectivity index (χ4v) is 2.81. The van der Waals surface area contributed by atoms with Gasteiger partial charge in [0.25, 0.3) is 0 Å². The van der Waals surface area contributed by atoms with Crippen LogP contribution in [0.25, 0.3) is 0 Å². The highest BCUT2D eigenvalue weighted by atomic mass is 32.2. The predicted molar refractivity (Wildman–Crippen MR) is 88.9 cm³/mol.